The van der Waals surface area contributed by atoms with Gasteiger partial charge in [0, 0.05) is 27.9 Å². The Bertz CT molecular complexity index is 368. The van der Waals surface area contributed by atoms with Gasteiger partial charge < -0.3 is 0 Å². The molecule has 0 unspecified atom stereocenters. The fourth-order valence-corrected chi connectivity index (χ4v) is 1.71. The molecule has 0 radical (unpaired) electrons. The highest BCUT2D eigenvalue weighted by Gasteiger charge is 2.17. The Kier molecular flexibility index (Phi) is 4.67. The SMILES string of the molecule is O=C(CCCl)c1cc(Br)ccc1C(F)F. The van der Waals surface area contributed by atoms with Crippen LogP contribution in [0.3, 0.4) is 0 Å². The Balaban J connectivity index is 3.12. The van der Waals surface area contributed by atoms with Crippen LogP contribution in [0.15, 0.2) is 22.7 Å². The maximum absolute atomic E-state index is 12.6. The molecule has 1 aromatic rings. The normalized spacial score (nSPS) is 10.7. The Labute approximate surface area is 99.6 Å². The van der Waals surface area contributed by atoms with Crippen molar-refractivity contribution in [2.24, 2.45) is 0 Å². The first-order valence-electron chi connectivity index (χ1n) is 4.23. The van der Waals surface area contributed by atoms with Crippen LogP contribution in [-0.2, 0) is 0 Å². The molecule has 0 amide bonds. The number of alkyl halides is 3. The number of benzene rings is 1. The van der Waals surface area contributed by atoms with Gasteiger partial charge in [0.05, 0.1) is 0 Å². The van der Waals surface area contributed by atoms with Crippen molar-refractivity contribution in [3.05, 3.63) is 33.8 Å². The third-order valence-electron chi connectivity index (χ3n) is 1.87. The van der Waals surface area contributed by atoms with Gasteiger partial charge in [0.2, 0.25) is 0 Å². The van der Waals surface area contributed by atoms with Crippen molar-refractivity contribution >= 4 is 33.3 Å². The van der Waals surface area contributed by atoms with E-state index >= 15 is 0 Å². The molecule has 0 aliphatic carbocycles. The van der Waals surface area contributed by atoms with Gasteiger partial charge in [-0.3, -0.25) is 4.79 Å². The molecule has 0 N–H and O–H groups in total. The second kappa shape index (κ2) is 5.56. The van der Waals surface area contributed by atoms with Gasteiger partial charge in [-0.25, -0.2) is 8.78 Å². The molecule has 0 aliphatic rings. The zero-order chi connectivity index (χ0) is 11.4. The predicted molar refractivity (Wildman–Crippen MR) is 58.8 cm³/mol. The van der Waals surface area contributed by atoms with Crippen LogP contribution in [0, 0.1) is 0 Å². The van der Waals surface area contributed by atoms with E-state index in [1.165, 1.54) is 18.2 Å². The molecule has 0 heterocycles. The van der Waals surface area contributed by atoms with Crippen LogP contribution in [-0.4, -0.2) is 11.7 Å². The smallest absolute Gasteiger partial charge is 0.264 e. The molecule has 0 atom stereocenters. The molecule has 0 spiro atoms. The molecule has 0 bridgehead atoms. The molecule has 82 valence electrons. The van der Waals surface area contributed by atoms with Gasteiger partial charge >= 0.3 is 0 Å². The first kappa shape index (κ1) is 12.6. The average molecular weight is 298 g/mol. The van der Waals surface area contributed by atoms with Gasteiger partial charge in [0.25, 0.3) is 6.43 Å². The number of carbonyl (C=O) groups excluding carboxylic acids is 1. The average Bonchev–Trinajstić information content (AvgIpc) is 2.17. The van der Waals surface area contributed by atoms with E-state index < -0.39 is 6.43 Å². The van der Waals surface area contributed by atoms with Gasteiger partial charge in [-0.15, -0.1) is 11.6 Å². The van der Waals surface area contributed by atoms with Crippen molar-refractivity contribution < 1.29 is 13.6 Å². The van der Waals surface area contributed by atoms with Crippen molar-refractivity contribution in [3.8, 4) is 0 Å². The molecule has 0 saturated heterocycles. The zero-order valence-electron chi connectivity index (χ0n) is 7.64. The Morgan fingerprint density at radius 3 is 2.67 bits per heavy atom. The van der Waals surface area contributed by atoms with Gasteiger partial charge in [0.1, 0.15) is 0 Å². The first-order chi connectivity index (χ1) is 7.06. The summed E-state index contributed by atoms with van der Waals surface area (Å²) in [6, 6.07) is 4.13. The van der Waals surface area contributed by atoms with Crippen LogP contribution in [0.4, 0.5) is 8.78 Å². The molecule has 0 fully saturated rings. The van der Waals surface area contributed by atoms with Crippen LogP contribution in [0.1, 0.15) is 28.8 Å². The van der Waals surface area contributed by atoms with Crippen LogP contribution in [0.25, 0.3) is 0 Å². The molecule has 1 rings (SSSR count). The van der Waals surface area contributed by atoms with Crippen LogP contribution in [0.2, 0.25) is 0 Å². The van der Waals surface area contributed by atoms with Crippen LogP contribution >= 0.6 is 27.5 Å². The van der Waals surface area contributed by atoms with Crippen molar-refractivity contribution in [2.75, 3.05) is 5.88 Å². The maximum Gasteiger partial charge on any atom is 0.264 e. The number of hydrogen-bond donors (Lipinski definition) is 0. The van der Waals surface area contributed by atoms with E-state index in [4.69, 9.17) is 11.6 Å². The summed E-state index contributed by atoms with van der Waals surface area (Å²) in [4.78, 5) is 11.5. The summed E-state index contributed by atoms with van der Waals surface area (Å²) in [5, 5.41) is 0. The number of Topliss-reactive ketones (excluding diaryl/α,β-unsaturated/α-hetero) is 1. The number of carbonyl (C=O) groups is 1. The molecular formula is C10H8BrClF2O. The highest BCUT2D eigenvalue weighted by atomic mass is 79.9. The molecule has 0 saturated carbocycles. The second-order valence-electron chi connectivity index (χ2n) is 2.89. The van der Waals surface area contributed by atoms with Crippen molar-refractivity contribution in [3.63, 3.8) is 0 Å². The van der Waals surface area contributed by atoms with E-state index in [1.807, 2.05) is 0 Å². The monoisotopic (exact) mass is 296 g/mol. The summed E-state index contributed by atoms with van der Waals surface area (Å²) < 4.78 is 25.7. The van der Waals surface area contributed by atoms with Gasteiger partial charge in [-0.1, -0.05) is 22.0 Å². The van der Waals surface area contributed by atoms with E-state index in [-0.39, 0.29) is 29.2 Å². The van der Waals surface area contributed by atoms with E-state index in [2.05, 4.69) is 15.9 Å². The maximum atomic E-state index is 12.6. The zero-order valence-corrected chi connectivity index (χ0v) is 9.99. The van der Waals surface area contributed by atoms with Crippen molar-refractivity contribution in [2.45, 2.75) is 12.8 Å². The lowest BCUT2D eigenvalue weighted by Gasteiger charge is -2.07. The number of ketones is 1. The summed E-state index contributed by atoms with van der Waals surface area (Å²) >= 11 is 8.53. The highest BCUT2D eigenvalue weighted by molar-refractivity contribution is 9.10. The summed E-state index contributed by atoms with van der Waals surface area (Å²) in [5.74, 6) is -0.227. The van der Waals surface area contributed by atoms with Gasteiger partial charge in [0.15, 0.2) is 5.78 Å². The van der Waals surface area contributed by atoms with Crippen LogP contribution < -0.4 is 0 Å². The standard InChI is InChI=1S/C10H8BrClF2O/c11-6-1-2-7(10(13)14)8(5-6)9(15)3-4-12/h1-2,5,10H,3-4H2. The topological polar surface area (TPSA) is 17.1 Å². The molecule has 0 aliphatic heterocycles. The third-order valence-corrected chi connectivity index (χ3v) is 2.55. The first-order valence-corrected chi connectivity index (χ1v) is 5.55. The summed E-state index contributed by atoms with van der Waals surface area (Å²) in [7, 11) is 0. The lowest BCUT2D eigenvalue weighted by atomic mass is 10.0. The minimum atomic E-state index is -2.65. The second-order valence-corrected chi connectivity index (χ2v) is 4.19. The molecule has 1 aromatic carbocycles. The fraction of sp³-hybridized carbons (Fsp3) is 0.300. The molecule has 15 heavy (non-hydrogen) atoms. The number of rotatable bonds is 4. The number of hydrogen-bond acceptors (Lipinski definition) is 1. The molecule has 1 nitrogen and oxygen atoms in total. The fourth-order valence-electron chi connectivity index (χ4n) is 1.18. The molecular weight excluding hydrogens is 289 g/mol. The Morgan fingerprint density at radius 1 is 1.47 bits per heavy atom. The largest absolute Gasteiger partial charge is 0.294 e. The van der Waals surface area contributed by atoms with Crippen molar-refractivity contribution in [1.82, 2.24) is 0 Å². The lowest BCUT2D eigenvalue weighted by molar-refractivity contribution is 0.0975. The number of halogens is 4. The van der Waals surface area contributed by atoms with Gasteiger partial charge in [-0.2, -0.15) is 0 Å². The molecule has 5 heteroatoms. The van der Waals surface area contributed by atoms with Crippen molar-refractivity contribution in [1.29, 1.82) is 0 Å². The summed E-state index contributed by atoms with van der Waals surface area (Å²) in [6.45, 7) is 0. The minimum absolute atomic E-state index is 0.0417. The third kappa shape index (κ3) is 3.24. The highest BCUT2D eigenvalue weighted by Crippen LogP contribution is 2.26. The summed E-state index contributed by atoms with van der Waals surface area (Å²) in [5.41, 5.74) is -0.201. The lowest BCUT2D eigenvalue weighted by Crippen LogP contribution is -2.05. The van der Waals surface area contributed by atoms with Gasteiger partial charge in [-0.05, 0) is 12.1 Å². The quantitative estimate of drug-likeness (QED) is 0.601. The van der Waals surface area contributed by atoms with E-state index in [1.54, 1.807) is 0 Å². The Hall–Kier alpha value is -0.480. The molecule has 0 aromatic heterocycles. The van der Waals surface area contributed by atoms with E-state index in [9.17, 15) is 13.6 Å². The van der Waals surface area contributed by atoms with Crippen LogP contribution in [0.5, 0.6) is 0 Å². The van der Waals surface area contributed by atoms with E-state index in [0.29, 0.717) is 4.47 Å². The predicted octanol–water partition coefficient (Wildman–Crippen LogP) is 4.20. The minimum Gasteiger partial charge on any atom is -0.294 e. The summed E-state index contributed by atoms with van der Waals surface area (Å²) in [6.07, 6.45) is -2.58. The Morgan fingerprint density at radius 2 is 2.13 bits per heavy atom. The van der Waals surface area contributed by atoms with E-state index in [0.717, 1.165) is 0 Å².